The van der Waals surface area contributed by atoms with Gasteiger partial charge < -0.3 is 14.5 Å². The van der Waals surface area contributed by atoms with Crippen LogP contribution in [-0.4, -0.2) is 31.8 Å². The monoisotopic (exact) mass is 308 g/mol. The van der Waals surface area contributed by atoms with E-state index in [0.29, 0.717) is 0 Å². The summed E-state index contributed by atoms with van der Waals surface area (Å²) in [5, 5.41) is 4.04. The molecule has 0 saturated heterocycles. The first-order chi connectivity index (χ1) is 10.2. The molecule has 0 radical (unpaired) electrons. The van der Waals surface area contributed by atoms with Gasteiger partial charge in [-0.25, -0.2) is 4.98 Å². The lowest BCUT2D eigenvalue weighted by Gasteiger charge is -2.04. The highest BCUT2D eigenvalue weighted by Crippen LogP contribution is 2.28. The van der Waals surface area contributed by atoms with Crippen LogP contribution in [0.25, 0.3) is 11.3 Å². The van der Waals surface area contributed by atoms with Crippen LogP contribution in [0.4, 0.5) is 0 Å². The van der Waals surface area contributed by atoms with Gasteiger partial charge in [-0.05, 0) is 31.5 Å². The van der Waals surface area contributed by atoms with E-state index >= 15 is 0 Å². The molecule has 1 heterocycles. The molecule has 0 aliphatic rings. The fourth-order valence-electron chi connectivity index (χ4n) is 2.09. The van der Waals surface area contributed by atoms with E-state index in [1.165, 1.54) is 0 Å². The smallest absolute Gasteiger partial charge is 0.194 e. The second-order valence-electron chi connectivity index (χ2n) is 4.88. The number of halogens is 1. The maximum Gasteiger partial charge on any atom is 0.194 e. The number of hydrogen-bond acceptors (Lipinski definition) is 4. The number of aromatic nitrogens is 1. The summed E-state index contributed by atoms with van der Waals surface area (Å²) in [5.41, 5.74) is 2.02. The third-order valence-corrected chi connectivity index (χ3v) is 3.72. The highest BCUT2D eigenvalue weighted by atomic mass is 35.5. The van der Waals surface area contributed by atoms with Gasteiger partial charge in [-0.1, -0.05) is 23.7 Å². The topological polar surface area (TPSA) is 47.3 Å². The van der Waals surface area contributed by atoms with Crippen molar-refractivity contribution in [3.8, 4) is 11.3 Å². The van der Waals surface area contributed by atoms with Crippen LogP contribution in [0.3, 0.4) is 0 Å². The standard InChI is InChI=1S/C16H21ClN2O2/c1-12-13(5-3-6-14(12)17)15-11-19-16(21-15)7-4-8-18-9-10-20-2/h3,5-6,11,18H,4,7-10H2,1-2H3. The van der Waals surface area contributed by atoms with Crippen LogP contribution in [-0.2, 0) is 11.2 Å². The van der Waals surface area contributed by atoms with E-state index in [4.69, 9.17) is 20.8 Å². The van der Waals surface area contributed by atoms with Gasteiger partial charge in [0, 0.05) is 30.7 Å². The van der Waals surface area contributed by atoms with Crippen molar-refractivity contribution >= 4 is 11.6 Å². The highest BCUT2D eigenvalue weighted by molar-refractivity contribution is 6.31. The van der Waals surface area contributed by atoms with Crippen molar-refractivity contribution < 1.29 is 9.15 Å². The van der Waals surface area contributed by atoms with Gasteiger partial charge >= 0.3 is 0 Å². The van der Waals surface area contributed by atoms with Crippen molar-refractivity contribution in [2.75, 3.05) is 26.8 Å². The lowest BCUT2D eigenvalue weighted by molar-refractivity contribution is 0.199. The van der Waals surface area contributed by atoms with Crippen molar-refractivity contribution in [1.29, 1.82) is 0 Å². The maximum absolute atomic E-state index is 6.13. The number of oxazole rings is 1. The maximum atomic E-state index is 6.13. The van der Waals surface area contributed by atoms with Crippen LogP contribution in [0.1, 0.15) is 17.9 Å². The summed E-state index contributed by atoms with van der Waals surface area (Å²) in [4.78, 5) is 4.34. The van der Waals surface area contributed by atoms with E-state index in [-0.39, 0.29) is 0 Å². The fourth-order valence-corrected chi connectivity index (χ4v) is 2.26. The first-order valence-electron chi connectivity index (χ1n) is 7.12. The van der Waals surface area contributed by atoms with Crippen molar-refractivity contribution in [3.05, 3.63) is 40.9 Å². The first kappa shape index (κ1) is 16.0. The Kier molecular flexibility index (Phi) is 6.23. The van der Waals surface area contributed by atoms with Gasteiger partial charge in [-0.2, -0.15) is 0 Å². The lowest BCUT2D eigenvalue weighted by Crippen LogP contribution is -2.20. The van der Waals surface area contributed by atoms with Crippen LogP contribution in [0.2, 0.25) is 5.02 Å². The summed E-state index contributed by atoms with van der Waals surface area (Å²) in [5.74, 6) is 1.54. The summed E-state index contributed by atoms with van der Waals surface area (Å²) in [6.07, 6.45) is 3.57. The van der Waals surface area contributed by atoms with Gasteiger partial charge in [-0.15, -0.1) is 0 Å². The van der Waals surface area contributed by atoms with Gasteiger partial charge in [0.25, 0.3) is 0 Å². The Balaban J connectivity index is 1.88. The van der Waals surface area contributed by atoms with Crippen LogP contribution in [0, 0.1) is 6.92 Å². The normalized spacial score (nSPS) is 11.0. The average molecular weight is 309 g/mol. The Labute approximate surface area is 130 Å². The molecule has 0 saturated carbocycles. The number of benzene rings is 1. The molecule has 114 valence electrons. The zero-order valence-electron chi connectivity index (χ0n) is 12.5. The molecule has 0 aliphatic heterocycles. The number of hydrogen-bond donors (Lipinski definition) is 1. The second kappa shape index (κ2) is 8.17. The number of nitrogens with zero attached hydrogens (tertiary/aromatic N) is 1. The molecule has 1 aromatic carbocycles. The fraction of sp³-hybridized carbons (Fsp3) is 0.438. The Morgan fingerprint density at radius 3 is 3.00 bits per heavy atom. The van der Waals surface area contributed by atoms with E-state index in [0.717, 1.165) is 60.3 Å². The zero-order chi connectivity index (χ0) is 15.1. The highest BCUT2D eigenvalue weighted by Gasteiger charge is 2.10. The van der Waals surface area contributed by atoms with E-state index in [1.54, 1.807) is 13.3 Å². The number of aryl methyl sites for hydroxylation is 1. The Bertz CT molecular complexity index is 569. The van der Waals surface area contributed by atoms with E-state index in [2.05, 4.69) is 10.3 Å². The molecule has 0 spiro atoms. The minimum atomic E-state index is 0.733. The predicted octanol–water partition coefficient (Wildman–Crippen LogP) is 3.47. The second-order valence-corrected chi connectivity index (χ2v) is 5.28. The SMILES string of the molecule is COCCNCCCc1ncc(-c2cccc(Cl)c2C)o1. The summed E-state index contributed by atoms with van der Waals surface area (Å²) < 4.78 is 10.8. The molecular formula is C16H21ClN2O2. The molecule has 4 nitrogen and oxygen atoms in total. The van der Waals surface area contributed by atoms with Crippen LogP contribution in [0.15, 0.2) is 28.8 Å². The van der Waals surface area contributed by atoms with Crippen molar-refractivity contribution in [2.24, 2.45) is 0 Å². The Morgan fingerprint density at radius 2 is 2.19 bits per heavy atom. The van der Waals surface area contributed by atoms with Gasteiger partial charge in [0.1, 0.15) is 0 Å². The molecule has 0 fully saturated rings. The van der Waals surface area contributed by atoms with Gasteiger partial charge in [0.2, 0.25) is 0 Å². The number of ether oxygens (including phenoxy) is 1. The lowest BCUT2D eigenvalue weighted by atomic mass is 10.1. The molecule has 5 heteroatoms. The van der Waals surface area contributed by atoms with E-state index in [1.807, 2.05) is 25.1 Å². The van der Waals surface area contributed by atoms with E-state index < -0.39 is 0 Å². The van der Waals surface area contributed by atoms with Crippen molar-refractivity contribution in [3.63, 3.8) is 0 Å². The molecule has 0 amide bonds. The largest absolute Gasteiger partial charge is 0.441 e. The van der Waals surface area contributed by atoms with Crippen LogP contribution in [0.5, 0.6) is 0 Å². The first-order valence-corrected chi connectivity index (χ1v) is 7.50. The molecule has 0 atom stereocenters. The quantitative estimate of drug-likeness (QED) is 0.759. The van der Waals surface area contributed by atoms with Crippen LogP contribution >= 0.6 is 11.6 Å². The predicted molar refractivity (Wildman–Crippen MR) is 84.8 cm³/mol. The molecule has 1 aromatic heterocycles. The van der Waals surface area contributed by atoms with Crippen LogP contribution < -0.4 is 5.32 Å². The minimum absolute atomic E-state index is 0.733. The third kappa shape index (κ3) is 4.56. The molecule has 0 unspecified atom stereocenters. The number of nitrogens with one attached hydrogen (secondary N) is 1. The van der Waals surface area contributed by atoms with Gasteiger partial charge in [-0.3, -0.25) is 0 Å². The summed E-state index contributed by atoms with van der Waals surface area (Å²) in [7, 11) is 1.70. The minimum Gasteiger partial charge on any atom is -0.441 e. The summed E-state index contributed by atoms with van der Waals surface area (Å²) >= 11 is 6.13. The molecule has 2 aromatic rings. The Morgan fingerprint density at radius 1 is 1.33 bits per heavy atom. The van der Waals surface area contributed by atoms with Gasteiger partial charge in [0.05, 0.1) is 12.8 Å². The zero-order valence-corrected chi connectivity index (χ0v) is 13.2. The summed E-state index contributed by atoms with van der Waals surface area (Å²) in [6.45, 7) is 4.52. The molecule has 0 aliphatic carbocycles. The van der Waals surface area contributed by atoms with E-state index in [9.17, 15) is 0 Å². The molecule has 2 rings (SSSR count). The van der Waals surface area contributed by atoms with Crippen molar-refractivity contribution in [2.45, 2.75) is 19.8 Å². The number of rotatable bonds is 8. The molecular weight excluding hydrogens is 288 g/mol. The number of methoxy groups -OCH3 is 1. The molecule has 1 N–H and O–H groups in total. The average Bonchev–Trinajstić information content (AvgIpc) is 2.94. The summed E-state index contributed by atoms with van der Waals surface area (Å²) in [6, 6.07) is 5.80. The molecule has 0 bridgehead atoms. The van der Waals surface area contributed by atoms with Gasteiger partial charge in [0.15, 0.2) is 11.7 Å². The van der Waals surface area contributed by atoms with Crippen molar-refractivity contribution in [1.82, 2.24) is 10.3 Å². The Hall–Kier alpha value is -1.36. The molecule has 21 heavy (non-hydrogen) atoms. The third-order valence-electron chi connectivity index (χ3n) is 3.31.